The molecule has 2 heterocycles. The molecule has 4 nitrogen and oxygen atoms in total. The number of para-hydroxylation sites is 2. The van der Waals surface area contributed by atoms with Crippen molar-refractivity contribution in [3.63, 3.8) is 0 Å². The van der Waals surface area contributed by atoms with Gasteiger partial charge in [0, 0.05) is 11.6 Å². The second kappa shape index (κ2) is 5.98. The lowest BCUT2D eigenvalue weighted by Gasteiger charge is -2.10. The van der Waals surface area contributed by atoms with Crippen molar-refractivity contribution in [1.29, 1.82) is 0 Å². The van der Waals surface area contributed by atoms with E-state index in [-0.39, 0.29) is 0 Å². The van der Waals surface area contributed by atoms with Crippen LogP contribution in [0.4, 0.5) is 0 Å². The molecule has 0 amide bonds. The molecule has 23 heavy (non-hydrogen) atoms. The Labute approximate surface area is 151 Å². The molecule has 0 fully saturated rings. The van der Waals surface area contributed by atoms with E-state index in [0.29, 0.717) is 11.6 Å². The minimum atomic E-state index is 0.345. The summed E-state index contributed by atoms with van der Waals surface area (Å²) in [5, 5.41) is 1.56. The molecule has 0 saturated heterocycles. The molecule has 6 heteroatoms. The Kier molecular flexibility index (Phi) is 3.82. The van der Waals surface area contributed by atoms with Crippen molar-refractivity contribution < 1.29 is 4.74 Å². The van der Waals surface area contributed by atoms with E-state index in [0.717, 1.165) is 37.1 Å². The van der Waals surface area contributed by atoms with Crippen molar-refractivity contribution >= 4 is 56.1 Å². The van der Waals surface area contributed by atoms with Gasteiger partial charge in [-0.05, 0) is 52.9 Å². The van der Waals surface area contributed by atoms with Crippen LogP contribution in [0.25, 0.3) is 21.9 Å². The maximum Gasteiger partial charge on any atom is 0.159 e. The van der Waals surface area contributed by atoms with Gasteiger partial charge in [0.1, 0.15) is 17.9 Å². The fraction of sp³-hybridized carbons (Fsp3) is 0.0588. The Hall–Kier alpha value is -1.86. The van der Waals surface area contributed by atoms with Gasteiger partial charge in [-0.2, -0.15) is 0 Å². The van der Waals surface area contributed by atoms with Crippen LogP contribution in [-0.4, -0.2) is 15.0 Å². The predicted octanol–water partition coefficient (Wildman–Crippen LogP) is 4.95. The molecule has 0 bridgehead atoms. The number of nitrogens with zero attached hydrogens (tertiary/aromatic N) is 2. The zero-order valence-corrected chi connectivity index (χ0v) is 14.8. The van der Waals surface area contributed by atoms with Gasteiger partial charge in [0.2, 0.25) is 0 Å². The van der Waals surface area contributed by atoms with E-state index in [4.69, 9.17) is 16.3 Å². The fourth-order valence-electron chi connectivity index (χ4n) is 2.50. The largest absolute Gasteiger partial charge is 0.482 e. The number of ether oxygens (including phenoxy) is 1. The topological polar surface area (TPSA) is 50.8 Å². The molecule has 0 atom stereocenters. The summed E-state index contributed by atoms with van der Waals surface area (Å²) in [7, 11) is 0. The molecule has 114 valence electrons. The minimum absolute atomic E-state index is 0.345. The molecule has 2 aromatic heterocycles. The second-order valence-electron chi connectivity index (χ2n) is 5.06. The molecule has 4 aromatic rings. The first-order valence-corrected chi connectivity index (χ1v) is 8.47. The van der Waals surface area contributed by atoms with Crippen LogP contribution < -0.4 is 4.74 Å². The van der Waals surface area contributed by atoms with Gasteiger partial charge >= 0.3 is 0 Å². The van der Waals surface area contributed by atoms with Crippen LogP contribution in [0.5, 0.6) is 5.75 Å². The number of imidazole rings is 1. The summed E-state index contributed by atoms with van der Waals surface area (Å²) in [5.41, 5.74) is 2.69. The summed E-state index contributed by atoms with van der Waals surface area (Å²) in [6.07, 6.45) is 1.74. The third kappa shape index (κ3) is 2.74. The molecular formula is C17H11ClIN3O. The molecule has 0 aliphatic rings. The number of nitrogens with one attached hydrogen (secondary N) is 1. The van der Waals surface area contributed by atoms with Crippen LogP contribution in [0.3, 0.4) is 0 Å². The van der Waals surface area contributed by atoms with E-state index in [1.165, 1.54) is 0 Å². The van der Waals surface area contributed by atoms with Crippen molar-refractivity contribution in [2.75, 3.05) is 0 Å². The number of rotatable bonds is 3. The molecule has 0 spiro atoms. The maximum atomic E-state index is 6.29. The monoisotopic (exact) mass is 435 g/mol. The summed E-state index contributed by atoms with van der Waals surface area (Å²) in [6, 6.07) is 13.6. The summed E-state index contributed by atoms with van der Waals surface area (Å²) in [4.78, 5) is 12.2. The highest BCUT2D eigenvalue weighted by Gasteiger charge is 2.13. The summed E-state index contributed by atoms with van der Waals surface area (Å²) in [6.45, 7) is 0.345. The smallest absolute Gasteiger partial charge is 0.159 e. The van der Waals surface area contributed by atoms with Crippen LogP contribution in [-0.2, 0) is 6.61 Å². The zero-order chi connectivity index (χ0) is 15.8. The van der Waals surface area contributed by atoms with Crippen molar-refractivity contribution in [2.45, 2.75) is 6.61 Å². The number of fused-ring (bicyclic) bond motifs is 2. The third-order valence-electron chi connectivity index (χ3n) is 3.54. The first-order chi connectivity index (χ1) is 11.2. The molecule has 1 N–H and O–H groups in total. The average Bonchev–Trinajstić information content (AvgIpc) is 2.97. The lowest BCUT2D eigenvalue weighted by atomic mass is 10.2. The highest BCUT2D eigenvalue weighted by atomic mass is 127. The van der Waals surface area contributed by atoms with Gasteiger partial charge in [-0.3, -0.25) is 4.98 Å². The Balaban J connectivity index is 1.70. The van der Waals surface area contributed by atoms with E-state index < -0.39 is 0 Å². The van der Waals surface area contributed by atoms with E-state index in [2.05, 4.69) is 37.5 Å². The van der Waals surface area contributed by atoms with Crippen molar-refractivity contribution in [3.8, 4) is 5.75 Å². The van der Waals surface area contributed by atoms with Gasteiger partial charge < -0.3 is 9.72 Å². The van der Waals surface area contributed by atoms with Crippen LogP contribution in [0.1, 0.15) is 5.82 Å². The lowest BCUT2D eigenvalue weighted by molar-refractivity contribution is 0.298. The standard InChI is InChI=1S/C17H11ClIN3O/c18-11-8-12(19)17(16-10(11)4-3-7-20-16)23-9-15-21-13-5-1-2-6-14(13)22-15/h1-8H,9H2,(H,21,22). The molecule has 4 rings (SSSR count). The Morgan fingerprint density at radius 1 is 1.17 bits per heavy atom. The second-order valence-corrected chi connectivity index (χ2v) is 6.63. The molecule has 0 saturated carbocycles. The Morgan fingerprint density at radius 2 is 2.04 bits per heavy atom. The summed E-state index contributed by atoms with van der Waals surface area (Å²) >= 11 is 8.50. The van der Waals surface area contributed by atoms with Crippen LogP contribution in [0.15, 0.2) is 48.7 Å². The van der Waals surface area contributed by atoms with Crippen LogP contribution in [0, 0.1) is 3.57 Å². The normalized spacial score (nSPS) is 11.2. The van der Waals surface area contributed by atoms with Gasteiger partial charge in [0.15, 0.2) is 5.75 Å². The first kappa shape index (κ1) is 14.7. The first-order valence-electron chi connectivity index (χ1n) is 7.01. The number of aromatic amines is 1. The van der Waals surface area contributed by atoms with E-state index in [9.17, 15) is 0 Å². The van der Waals surface area contributed by atoms with Crippen molar-refractivity contribution in [2.24, 2.45) is 0 Å². The maximum absolute atomic E-state index is 6.29. The number of halogens is 2. The van der Waals surface area contributed by atoms with Gasteiger partial charge in [0.05, 0.1) is 19.6 Å². The quantitative estimate of drug-likeness (QED) is 0.463. The SMILES string of the molecule is Clc1cc(I)c(OCc2nc3ccccc3[nH]2)c2ncccc12. The van der Waals surface area contributed by atoms with Crippen LogP contribution in [0.2, 0.25) is 5.02 Å². The highest BCUT2D eigenvalue weighted by Crippen LogP contribution is 2.35. The van der Waals surface area contributed by atoms with Gasteiger partial charge in [-0.1, -0.05) is 23.7 Å². The van der Waals surface area contributed by atoms with Crippen LogP contribution >= 0.6 is 34.2 Å². The molecule has 0 aliphatic carbocycles. The molecule has 0 unspecified atom stereocenters. The lowest BCUT2D eigenvalue weighted by Crippen LogP contribution is -2.00. The number of pyridine rings is 1. The zero-order valence-electron chi connectivity index (χ0n) is 11.9. The third-order valence-corrected chi connectivity index (χ3v) is 4.66. The minimum Gasteiger partial charge on any atom is -0.482 e. The van der Waals surface area contributed by atoms with E-state index in [1.807, 2.05) is 42.5 Å². The number of hydrogen-bond acceptors (Lipinski definition) is 3. The average molecular weight is 436 g/mol. The predicted molar refractivity (Wildman–Crippen MR) is 99.9 cm³/mol. The summed E-state index contributed by atoms with van der Waals surface area (Å²) < 4.78 is 6.92. The van der Waals surface area contributed by atoms with E-state index >= 15 is 0 Å². The molecule has 2 aromatic carbocycles. The van der Waals surface area contributed by atoms with E-state index in [1.54, 1.807) is 6.20 Å². The fourth-order valence-corrected chi connectivity index (χ4v) is 3.67. The summed E-state index contributed by atoms with van der Waals surface area (Å²) in [5.74, 6) is 1.51. The number of H-pyrrole nitrogens is 1. The number of hydrogen-bond donors (Lipinski definition) is 1. The van der Waals surface area contributed by atoms with Gasteiger partial charge in [-0.25, -0.2) is 4.98 Å². The van der Waals surface area contributed by atoms with Crippen molar-refractivity contribution in [3.05, 3.63) is 63.1 Å². The van der Waals surface area contributed by atoms with Crippen molar-refractivity contribution in [1.82, 2.24) is 15.0 Å². The molecule has 0 radical (unpaired) electrons. The molecular weight excluding hydrogens is 425 g/mol. The van der Waals surface area contributed by atoms with Gasteiger partial charge in [-0.15, -0.1) is 0 Å². The molecule has 0 aliphatic heterocycles. The number of aromatic nitrogens is 3. The van der Waals surface area contributed by atoms with Gasteiger partial charge in [0.25, 0.3) is 0 Å². The highest BCUT2D eigenvalue weighted by molar-refractivity contribution is 14.1. The number of benzene rings is 2. The Morgan fingerprint density at radius 3 is 2.91 bits per heavy atom. The Bertz CT molecular complexity index is 982.